The molecule has 0 aromatic heterocycles. The highest BCUT2D eigenvalue weighted by Gasteiger charge is 2.41. The molecule has 0 radical (unpaired) electrons. The fourth-order valence-corrected chi connectivity index (χ4v) is 7.23. The lowest BCUT2D eigenvalue weighted by atomic mass is 9.73. The zero-order chi connectivity index (χ0) is 36.9. The average Bonchev–Trinajstić information content (AvgIpc) is 3.17. The minimum Gasteiger partial charge on any atom is -0.506 e. The zero-order valence-electron chi connectivity index (χ0n) is 30.7. The Balaban J connectivity index is 0.993. The fraction of sp³-hybridized carbons (Fsp3) is 0.488. The van der Waals surface area contributed by atoms with Crippen LogP contribution in [0.2, 0.25) is 0 Å². The van der Waals surface area contributed by atoms with E-state index < -0.39 is 6.10 Å². The van der Waals surface area contributed by atoms with Crippen molar-refractivity contribution in [2.45, 2.75) is 83.3 Å². The first kappa shape index (κ1) is 38.6. The van der Waals surface area contributed by atoms with Crippen molar-refractivity contribution in [3.63, 3.8) is 0 Å². The SMILES string of the molecule is COc1ccc(C2=NN(CCCCCCCOc3ccc(C[C@@H](C)NC[C@H](O)c4ccc(O)c(NC=O)c4)cc3)C(=O)C3CCCCC23)cc1OC. The van der Waals surface area contributed by atoms with Gasteiger partial charge in [-0.1, -0.05) is 50.3 Å². The van der Waals surface area contributed by atoms with E-state index in [2.05, 4.69) is 29.7 Å². The lowest BCUT2D eigenvalue weighted by Gasteiger charge is -2.38. The molecule has 0 saturated heterocycles. The van der Waals surface area contributed by atoms with Crippen LogP contribution < -0.4 is 24.8 Å². The molecule has 4 N–H and O–H groups in total. The molecule has 0 spiro atoms. The fourth-order valence-electron chi connectivity index (χ4n) is 7.23. The van der Waals surface area contributed by atoms with Crippen LogP contribution in [0.15, 0.2) is 65.8 Å². The Labute approximate surface area is 307 Å². The molecule has 2 aliphatic rings. The van der Waals surface area contributed by atoms with Crippen molar-refractivity contribution in [1.82, 2.24) is 10.3 Å². The Morgan fingerprint density at radius 2 is 1.65 bits per heavy atom. The molecule has 4 atom stereocenters. The number of amides is 2. The quantitative estimate of drug-likeness (QED) is 0.0582. The highest BCUT2D eigenvalue weighted by Crippen LogP contribution is 2.39. The lowest BCUT2D eigenvalue weighted by molar-refractivity contribution is -0.139. The summed E-state index contributed by atoms with van der Waals surface area (Å²) in [6.45, 7) is 3.69. The average molecular weight is 715 g/mol. The van der Waals surface area contributed by atoms with E-state index in [9.17, 15) is 19.8 Å². The molecule has 11 heteroatoms. The van der Waals surface area contributed by atoms with Gasteiger partial charge in [-0.25, -0.2) is 5.01 Å². The summed E-state index contributed by atoms with van der Waals surface area (Å²) in [5.41, 5.74) is 4.02. The second-order valence-corrected chi connectivity index (χ2v) is 13.8. The highest BCUT2D eigenvalue weighted by molar-refractivity contribution is 6.07. The summed E-state index contributed by atoms with van der Waals surface area (Å²) < 4.78 is 17.0. The van der Waals surface area contributed by atoms with E-state index in [-0.39, 0.29) is 35.2 Å². The lowest BCUT2D eigenvalue weighted by Crippen LogP contribution is -2.46. The summed E-state index contributed by atoms with van der Waals surface area (Å²) in [5, 5.41) is 32.9. The van der Waals surface area contributed by atoms with Crippen LogP contribution in [-0.4, -0.2) is 73.2 Å². The summed E-state index contributed by atoms with van der Waals surface area (Å²) in [6, 6.07) is 18.8. The number of fused-ring (bicyclic) bond motifs is 1. The second kappa shape index (κ2) is 19.3. The molecule has 0 bridgehead atoms. The molecule has 11 nitrogen and oxygen atoms in total. The molecule has 1 aliphatic carbocycles. The largest absolute Gasteiger partial charge is 0.506 e. The van der Waals surface area contributed by atoms with Crippen LogP contribution in [0.25, 0.3) is 0 Å². The van der Waals surface area contributed by atoms with Crippen molar-refractivity contribution in [1.29, 1.82) is 0 Å². The van der Waals surface area contributed by atoms with E-state index in [1.807, 2.05) is 30.3 Å². The molecule has 1 heterocycles. The van der Waals surface area contributed by atoms with Gasteiger partial charge in [0.05, 0.1) is 38.3 Å². The zero-order valence-corrected chi connectivity index (χ0v) is 30.7. The number of nitrogens with one attached hydrogen (secondary N) is 2. The number of rotatable bonds is 20. The maximum Gasteiger partial charge on any atom is 0.246 e. The number of phenols is 1. The number of aromatic hydroxyl groups is 1. The smallest absolute Gasteiger partial charge is 0.246 e. The van der Waals surface area contributed by atoms with Crippen LogP contribution in [0.1, 0.15) is 87.5 Å². The number of methoxy groups -OCH3 is 2. The number of hydrazone groups is 1. The van der Waals surface area contributed by atoms with E-state index in [4.69, 9.17) is 19.3 Å². The third-order valence-corrected chi connectivity index (χ3v) is 10.1. The molecule has 2 unspecified atom stereocenters. The topological polar surface area (TPSA) is 142 Å². The minimum absolute atomic E-state index is 0.000394. The normalized spacial score (nSPS) is 18.2. The third kappa shape index (κ3) is 10.3. The molecule has 3 aromatic carbocycles. The van der Waals surface area contributed by atoms with E-state index in [1.165, 1.54) is 6.07 Å². The maximum absolute atomic E-state index is 13.4. The summed E-state index contributed by atoms with van der Waals surface area (Å²) in [7, 11) is 3.27. The van der Waals surface area contributed by atoms with Gasteiger partial charge < -0.3 is 35.1 Å². The van der Waals surface area contributed by atoms with Gasteiger partial charge in [0.1, 0.15) is 11.5 Å². The summed E-state index contributed by atoms with van der Waals surface area (Å²) >= 11 is 0. The third-order valence-electron chi connectivity index (χ3n) is 10.1. The number of anilines is 1. The standard InChI is InChI=1S/C41H54N4O7/c1-28(42-26-37(48)30-15-19-36(47)35(24-30)43-27-46)23-29-13-17-32(18-14-29)52-22-10-6-4-5-9-21-45-41(49)34-12-8-7-11-33(34)40(44-45)31-16-20-38(50-2)39(25-31)51-3/h13-20,24-25,27-28,33-34,37,42,47-48H,4-12,21-23,26H2,1-3H3,(H,43,46)/t28-,33?,34?,37+/m1/s1. The van der Waals surface area contributed by atoms with Crippen LogP contribution >= 0.6 is 0 Å². The summed E-state index contributed by atoms with van der Waals surface area (Å²) in [5.74, 6) is 2.48. The van der Waals surface area contributed by atoms with E-state index in [0.29, 0.717) is 43.2 Å². The van der Waals surface area contributed by atoms with E-state index in [0.717, 1.165) is 86.8 Å². The van der Waals surface area contributed by atoms with Crippen LogP contribution in [0.3, 0.4) is 0 Å². The molecular formula is C41H54N4O7. The van der Waals surface area contributed by atoms with Crippen molar-refractivity contribution in [2.24, 2.45) is 16.9 Å². The van der Waals surface area contributed by atoms with Gasteiger partial charge in [0, 0.05) is 36.5 Å². The number of phenolic OH excluding ortho intramolecular Hbond substituents is 1. The number of ether oxygens (including phenoxy) is 3. The number of benzene rings is 3. The summed E-state index contributed by atoms with van der Waals surface area (Å²) in [6.07, 6.45) is 9.65. The molecule has 5 rings (SSSR count). The molecular weight excluding hydrogens is 660 g/mol. The Morgan fingerprint density at radius 3 is 2.40 bits per heavy atom. The van der Waals surface area contributed by atoms with E-state index >= 15 is 0 Å². The van der Waals surface area contributed by atoms with Gasteiger partial charge in [-0.2, -0.15) is 5.10 Å². The maximum atomic E-state index is 13.4. The number of unbranched alkanes of at least 4 members (excludes halogenated alkanes) is 4. The van der Waals surface area contributed by atoms with Gasteiger partial charge in [0.25, 0.3) is 0 Å². The van der Waals surface area contributed by atoms with Crippen molar-refractivity contribution in [3.8, 4) is 23.0 Å². The van der Waals surface area contributed by atoms with Crippen molar-refractivity contribution < 1.29 is 34.0 Å². The molecule has 280 valence electrons. The minimum atomic E-state index is -0.784. The van der Waals surface area contributed by atoms with E-state index in [1.54, 1.807) is 31.4 Å². The molecule has 3 aromatic rings. The summed E-state index contributed by atoms with van der Waals surface area (Å²) in [4.78, 5) is 24.2. The number of nitrogens with zero attached hydrogens (tertiary/aromatic N) is 2. The van der Waals surface area contributed by atoms with Gasteiger partial charge in [-0.15, -0.1) is 0 Å². The monoisotopic (exact) mass is 714 g/mol. The van der Waals surface area contributed by atoms with Gasteiger partial charge in [-0.3, -0.25) is 9.59 Å². The van der Waals surface area contributed by atoms with Crippen LogP contribution in [0, 0.1) is 11.8 Å². The first-order valence-electron chi connectivity index (χ1n) is 18.6. The van der Waals surface area contributed by atoms with Gasteiger partial charge in [0.15, 0.2) is 11.5 Å². The van der Waals surface area contributed by atoms with Gasteiger partial charge in [-0.05, 0) is 92.6 Å². The van der Waals surface area contributed by atoms with Crippen molar-refractivity contribution in [2.75, 3.05) is 39.2 Å². The number of aliphatic hydroxyl groups is 1. The van der Waals surface area contributed by atoms with Crippen molar-refractivity contribution >= 4 is 23.7 Å². The number of hydrogen-bond acceptors (Lipinski definition) is 9. The predicted molar refractivity (Wildman–Crippen MR) is 202 cm³/mol. The van der Waals surface area contributed by atoms with Crippen LogP contribution in [0.5, 0.6) is 23.0 Å². The molecule has 1 aliphatic heterocycles. The highest BCUT2D eigenvalue weighted by atomic mass is 16.5. The Bertz CT molecular complexity index is 1650. The molecule has 1 saturated carbocycles. The second-order valence-electron chi connectivity index (χ2n) is 13.8. The number of hydrogen-bond donors (Lipinski definition) is 4. The van der Waals surface area contributed by atoms with Crippen LogP contribution in [-0.2, 0) is 16.0 Å². The molecule has 52 heavy (non-hydrogen) atoms. The molecule has 2 amide bonds. The molecule has 1 fully saturated rings. The van der Waals surface area contributed by atoms with Crippen LogP contribution in [0.4, 0.5) is 5.69 Å². The first-order chi connectivity index (χ1) is 25.3. The number of carbonyl (C=O) groups is 2. The Hall–Kier alpha value is -4.61. The predicted octanol–water partition coefficient (Wildman–Crippen LogP) is 6.61. The van der Waals surface area contributed by atoms with Gasteiger partial charge >= 0.3 is 0 Å². The number of aliphatic hydroxyl groups excluding tert-OH is 1. The first-order valence-corrected chi connectivity index (χ1v) is 18.6. The van der Waals surface area contributed by atoms with Gasteiger partial charge in [0.2, 0.25) is 12.3 Å². The Morgan fingerprint density at radius 1 is 0.923 bits per heavy atom. The number of carbonyl (C=O) groups excluding carboxylic acids is 2. The van der Waals surface area contributed by atoms with Crippen molar-refractivity contribution in [3.05, 3.63) is 77.4 Å². The Kier molecular flexibility index (Phi) is 14.3.